The molecule has 0 radical (unpaired) electrons. The molecule has 5 heteroatoms. The normalized spacial score (nSPS) is 24.3. The standard InChI is InChI=1S/C13H15F2NO2/c14-12(15)10-6-11(17)8-16(7-10)13(18)9-4-2-1-3-5-9/h1-5,10-12,17H,6-8H2. The van der Waals surface area contributed by atoms with Crippen molar-refractivity contribution < 1.29 is 18.7 Å². The molecule has 1 amide bonds. The van der Waals surface area contributed by atoms with Gasteiger partial charge < -0.3 is 10.0 Å². The first-order valence-electron chi connectivity index (χ1n) is 5.88. The number of amides is 1. The van der Waals surface area contributed by atoms with Gasteiger partial charge in [0.25, 0.3) is 5.91 Å². The number of carbonyl (C=O) groups is 1. The molecule has 1 aromatic rings. The third kappa shape index (κ3) is 2.85. The number of rotatable bonds is 2. The molecule has 1 fully saturated rings. The molecule has 2 rings (SSSR count). The number of piperidine rings is 1. The Bertz CT molecular complexity index is 411. The fourth-order valence-corrected chi connectivity index (χ4v) is 2.22. The lowest BCUT2D eigenvalue weighted by atomic mass is 9.96. The maximum atomic E-state index is 12.7. The Balaban J connectivity index is 2.10. The van der Waals surface area contributed by atoms with E-state index in [2.05, 4.69) is 0 Å². The maximum absolute atomic E-state index is 12.7. The molecule has 1 heterocycles. The number of alkyl halides is 2. The maximum Gasteiger partial charge on any atom is 0.253 e. The van der Waals surface area contributed by atoms with Gasteiger partial charge >= 0.3 is 0 Å². The Morgan fingerprint density at radius 2 is 1.94 bits per heavy atom. The van der Waals surface area contributed by atoms with E-state index >= 15 is 0 Å². The van der Waals surface area contributed by atoms with Crippen LogP contribution in [0.2, 0.25) is 0 Å². The van der Waals surface area contributed by atoms with Crippen LogP contribution in [0.25, 0.3) is 0 Å². The van der Waals surface area contributed by atoms with E-state index in [1.54, 1.807) is 30.3 Å². The number of aliphatic hydroxyl groups excluding tert-OH is 1. The van der Waals surface area contributed by atoms with E-state index in [9.17, 15) is 18.7 Å². The molecule has 1 aromatic carbocycles. The van der Waals surface area contributed by atoms with E-state index in [1.807, 2.05) is 0 Å². The number of aliphatic hydroxyl groups is 1. The smallest absolute Gasteiger partial charge is 0.253 e. The van der Waals surface area contributed by atoms with Crippen LogP contribution in [0.4, 0.5) is 8.78 Å². The van der Waals surface area contributed by atoms with Gasteiger partial charge in [-0.15, -0.1) is 0 Å². The van der Waals surface area contributed by atoms with Gasteiger partial charge in [0.15, 0.2) is 0 Å². The molecule has 1 saturated heterocycles. The summed E-state index contributed by atoms with van der Waals surface area (Å²) >= 11 is 0. The Kier molecular flexibility index (Phi) is 3.91. The van der Waals surface area contributed by atoms with Crippen molar-refractivity contribution in [3.8, 4) is 0 Å². The molecule has 3 nitrogen and oxygen atoms in total. The fourth-order valence-electron chi connectivity index (χ4n) is 2.22. The van der Waals surface area contributed by atoms with Crippen molar-refractivity contribution in [3.63, 3.8) is 0 Å². The molecule has 98 valence electrons. The van der Waals surface area contributed by atoms with Gasteiger partial charge in [0, 0.05) is 24.6 Å². The lowest BCUT2D eigenvalue weighted by Crippen LogP contribution is -2.48. The zero-order chi connectivity index (χ0) is 13.1. The molecule has 2 unspecified atom stereocenters. The number of halogens is 2. The Morgan fingerprint density at radius 3 is 2.56 bits per heavy atom. The summed E-state index contributed by atoms with van der Waals surface area (Å²) in [6.07, 6.45) is -3.33. The minimum atomic E-state index is -2.51. The zero-order valence-electron chi connectivity index (χ0n) is 9.80. The Morgan fingerprint density at radius 1 is 1.28 bits per heavy atom. The van der Waals surface area contributed by atoms with Crippen molar-refractivity contribution in [1.82, 2.24) is 4.90 Å². The molecule has 18 heavy (non-hydrogen) atoms. The van der Waals surface area contributed by atoms with Crippen LogP contribution in [0.3, 0.4) is 0 Å². The molecule has 1 aliphatic rings. The largest absolute Gasteiger partial charge is 0.391 e. The van der Waals surface area contributed by atoms with E-state index < -0.39 is 18.4 Å². The number of hydrogen-bond donors (Lipinski definition) is 1. The Hall–Kier alpha value is -1.49. The summed E-state index contributed by atoms with van der Waals surface area (Å²) in [6.45, 7) is 0.124. The van der Waals surface area contributed by atoms with E-state index in [0.717, 1.165) is 0 Å². The summed E-state index contributed by atoms with van der Waals surface area (Å²) in [5, 5.41) is 9.57. The van der Waals surface area contributed by atoms with Crippen molar-refractivity contribution in [3.05, 3.63) is 35.9 Å². The molecule has 0 aliphatic carbocycles. The average Bonchev–Trinajstić information content (AvgIpc) is 2.38. The lowest BCUT2D eigenvalue weighted by Gasteiger charge is -2.35. The summed E-state index contributed by atoms with van der Waals surface area (Å²) in [5.74, 6) is -1.25. The summed E-state index contributed by atoms with van der Waals surface area (Å²) in [7, 11) is 0. The zero-order valence-corrected chi connectivity index (χ0v) is 9.80. The van der Waals surface area contributed by atoms with E-state index in [4.69, 9.17) is 0 Å². The van der Waals surface area contributed by atoms with Crippen LogP contribution in [0, 0.1) is 5.92 Å². The van der Waals surface area contributed by atoms with Crippen LogP contribution in [-0.4, -0.2) is 41.5 Å². The van der Waals surface area contributed by atoms with Gasteiger partial charge in [0.2, 0.25) is 6.43 Å². The van der Waals surface area contributed by atoms with Crippen molar-refractivity contribution in [2.45, 2.75) is 19.0 Å². The highest BCUT2D eigenvalue weighted by atomic mass is 19.3. The summed E-state index contributed by atoms with van der Waals surface area (Å²) in [4.78, 5) is 13.4. The quantitative estimate of drug-likeness (QED) is 0.875. The first-order chi connectivity index (χ1) is 8.58. The monoisotopic (exact) mass is 255 g/mol. The molecular formula is C13H15F2NO2. The minimum Gasteiger partial charge on any atom is -0.391 e. The van der Waals surface area contributed by atoms with Crippen molar-refractivity contribution in [1.29, 1.82) is 0 Å². The number of likely N-dealkylation sites (tertiary alicyclic amines) is 1. The van der Waals surface area contributed by atoms with Crippen LogP contribution < -0.4 is 0 Å². The highest BCUT2D eigenvalue weighted by Crippen LogP contribution is 2.24. The van der Waals surface area contributed by atoms with Crippen LogP contribution in [0.5, 0.6) is 0 Å². The summed E-state index contributed by atoms with van der Waals surface area (Å²) < 4.78 is 25.4. The van der Waals surface area contributed by atoms with Gasteiger partial charge in [-0.1, -0.05) is 18.2 Å². The predicted octanol–water partition coefficient (Wildman–Crippen LogP) is 1.77. The van der Waals surface area contributed by atoms with Gasteiger partial charge in [-0.05, 0) is 18.6 Å². The molecular weight excluding hydrogens is 240 g/mol. The molecule has 0 bridgehead atoms. The van der Waals surface area contributed by atoms with Gasteiger partial charge in [0.05, 0.1) is 6.10 Å². The van der Waals surface area contributed by atoms with Crippen LogP contribution in [0.15, 0.2) is 30.3 Å². The van der Waals surface area contributed by atoms with E-state index in [1.165, 1.54) is 4.90 Å². The molecule has 0 spiro atoms. The third-order valence-electron chi connectivity index (χ3n) is 3.13. The number of nitrogens with zero attached hydrogens (tertiary/aromatic N) is 1. The van der Waals surface area contributed by atoms with Gasteiger partial charge in [-0.2, -0.15) is 0 Å². The van der Waals surface area contributed by atoms with Crippen molar-refractivity contribution in [2.75, 3.05) is 13.1 Å². The first kappa shape index (κ1) is 13.0. The fraction of sp³-hybridized carbons (Fsp3) is 0.462. The number of carbonyl (C=O) groups excluding carboxylic acids is 1. The van der Waals surface area contributed by atoms with Gasteiger partial charge in [-0.25, -0.2) is 8.78 Å². The second-order valence-electron chi connectivity index (χ2n) is 4.56. The highest BCUT2D eigenvalue weighted by Gasteiger charge is 2.34. The van der Waals surface area contributed by atoms with E-state index in [-0.39, 0.29) is 25.4 Å². The summed E-state index contributed by atoms with van der Waals surface area (Å²) in [6, 6.07) is 8.50. The first-order valence-corrected chi connectivity index (χ1v) is 5.88. The molecule has 1 aliphatic heterocycles. The number of benzene rings is 1. The minimum absolute atomic E-state index is 0.00243. The second-order valence-corrected chi connectivity index (χ2v) is 4.56. The van der Waals surface area contributed by atoms with Crippen LogP contribution in [-0.2, 0) is 0 Å². The predicted molar refractivity (Wildman–Crippen MR) is 62.5 cm³/mol. The van der Waals surface area contributed by atoms with Crippen molar-refractivity contribution in [2.24, 2.45) is 5.92 Å². The SMILES string of the molecule is O=C(c1ccccc1)N1CC(O)CC(C(F)F)C1. The van der Waals surface area contributed by atoms with Gasteiger partial charge in [-0.3, -0.25) is 4.79 Å². The highest BCUT2D eigenvalue weighted by molar-refractivity contribution is 5.94. The van der Waals surface area contributed by atoms with Crippen LogP contribution >= 0.6 is 0 Å². The number of hydrogen-bond acceptors (Lipinski definition) is 2. The second kappa shape index (κ2) is 5.44. The molecule has 0 saturated carbocycles. The third-order valence-corrected chi connectivity index (χ3v) is 3.13. The lowest BCUT2D eigenvalue weighted by molar-refractivity contribution is -0.0194. The topological polar surface area (TPSA) is 40.5 Å². The average molecular weight is 255 g/mol. The van der Waals surface area contributed by atoms with Crippen molar-refractivity contribution >= 4 is 5.91 Å². The number of β-amino-alcohol motifs (C(OH)–C–C–N with tert-alkyl or cyclic N) is 1. The molecule has 2 atom stereocenters. The molecule has 1 N–H and O–H groups in total. The van der Waals surface area contributed by atoms with Crippen LogP contribution in [0.1, 0.15) is 16.8 Å². The Labute approximate surface area is 104 Å². The summed E-state index contributed by atoms with van der Waals surface area (Å²) in [5.41, 5.74) is 0.458. The van der Waals surface area contributed by atoms with Gasteiger partial charge in [0.1, 0.15) is 0 Å². The van der Waals surface area contributed by atoms with E-state index in [0.29, 0.717) is 5.56 Å². The molecule has 0 aromatic heterocycles.